The van der Waals surface area contributed by atoms with Gasteiger partial charge in [-0.05, 0) is 38.0 Å². The van der Waals surface area contributed by atoms with Crippen LogP contribution in [-0.4, -0.2) is 41.9 Å². The molecule has 4 aromatic rings. The molecule has 1 saturated carbocycles. The lowest BCUT2D eigenvalue weighted by Gasteiger charge is -2.33. The molecule has 2 aliphatic rings. The third-order valence-electron chi connectivity index (χ3n) is 5.91. The van der Waals surface area contributed by atoms with Crippen molar-refractivity contribution in [1.82, 2.24) is 29.5 Å². The molecule has 0 bridgehead atoms. The summed E-state index contributed by atoms with van der Waals surface area (Å²) in [5.74, 6) is 0.558. The average molecular weight is 388 g/mol. The molecule has 6 rings (SSSR count). The van der Waals surface area contributed by atoms with Crippen molar-refractivity contribution in [3.05, 3.63) is 71.2 Å². The Bertz CT molecular complexity index is 1230. The van der Waals surface area contributed by atoms with Gasteiger partial charge < -0.3 is 14.3 Å². The number of amides is 1. The molecule has 4 aromatic heterocycles. The van der Waals surface area contributed by atoms with Crippen molar-refractivity contribution in [3.8, 4) is 0 Å². The van der Waals surface area contributed by atoms with E-state index < -0.39 is 0 Å². The van der Waals surface area contributed by atoms with E-state index in [9.17, 15) is 4.79 Å². The molecule has 1 atom stereocenters. The first-order valence-electron chi connectivity index (χ1n) is 9.92. The van der Waals surface area contributed by atoms with E-state index in [1.165, 1.54) is 6.39 Å². The number of hydrogen-bond donors (Lipinski definition) is 1. The van der Waals surface area contributed by atoms with Gasteiger partial charge in [0.15, 0.2) is 6.39 Å². The molecule has 1 fully saturated rings. The van der Waals surface area contributed by atoms with Crippen LogP contribution in [0.1, 0.15) is 63.8 Å². The third-order valence-corrected chi connectivity index (χ3v) is 5.91. The lowest BCUT2D eigenvalue weighted by atomic mass is 9.99. The van der Waals surface area contributed by atoms with Crippen molar-refractivity contribution >= 4 is 11.4 Å². The Morgan fingerprint density at radius 1 is 1.24 bits per heavy atom. The monoisotopic (exact) mass is 388 g/mol. The number of carbonyl (C=O) groups excluding carboxylic acids is 1. The summed E-state index contributed by atoms with van der Waals surface area (Å²) in [4.78, 5) is 27.4. The zero-order valence-electron chi connectivity index (χ0n) is 16.0. The average Bonchev–Trinajstić information content (AvgIpc) is 3.13. The molecule has 1 amide bonds. The Morgan fingerprint density at radius 2 is 2.14 bits per heavy atom. The zero-order valence-corrected chi connectivity index (χ0v) is 16.0. The van der Waals surface area contributed by atoms with Gasteiger partial charge in [0.1, 0.15) is 6.04 Å². The first kappa shape index (κ1) is 16.5. The molecule has 8 nitrogen and oxygen atoms in total. The number of nitrogens with zero attached hydrogens (tertiary/aromatic N) is 5. The number of nitrogens with one attached hydrogen (secondary N) is 1. The van der Waals surface area contributed by atoms with Gasteiger partial charge in [0.2, 0.25) is 5.76 Å². The van der Waals surface area contributed by atoms with E-state index in [-0.39, 0.29) is 11.9 Å². The summed E-state index contributed by atoms with van der Waals surface area (Å²) in [5, 5.41) is 4.82. The smallest absolute Gasteiger partial charge is 0.292 e. The number of imidazole rings is 1. The number of hydrogen-bond acceptors (Lipinski definition) is 5. The van der Waals surface area contributed by atoms with Crippen molar-refractivity contribution < 1.29 is 9.21 Å². The lowest BCUT2D eigenvalue weighted by Crippen LogP contribution is -2.41. The fourth-order valence-electron chi connectivity index (χ4n) is 4.29. The number of oxazole rings is 1. The highest BCUT2D eigenvalue weighted by molar-refractivity contribution is 5.93. The van der Waals surface area contributed by atoms with Crippen LogP contribution in [0.25, 0.3) is 5.52 Å². The summed E-state index contributed by atoms with van der Waals surface area (Å²) in [6.45, 7) is 2.58. The fraction of sp³-hybridized carbons (Fsp3) is 0.333. The van der Waals surface area contributed by atoms with Crippen molar-refractivity contribution in [2.75, 3.05) is 6.54 Å². The van der Waals surface area contributed by atoms with Crippen LogP contribution in [0.4, 0.5) is 0 Å². The molecular formula is C21H20N6O2. The second kappa shape index (κ2) is 6.04. The Labute approximate surface area is 166 Å². The van der Waals surface area contributed by atoms with E-state index in [4.69, 9.17) is 9.52 Å². The second-order valence-corrected chi connectivity index (χ2v) is 7.83. The zero-order chi connectivity index (χ0) is 19.5. The van der Waals surface area contributed by atoms with Crippen LogP contribution in [0.15, 0.2) is 41.4 Å². The van der Waals surface area contributed by atoms with Crippen LogP contribution in [0, 0.1) is 6.92 Å². The summed E-state index contributed by atoms with van der Waals surface area (Å²) in [7, 11) is 0. The van der Waals surface area contributed by atoms with E-state index in [0.717, 1.165) is 53.2 Å². The molecule has 1 aliphatic heterocycles. The van der Waals surface area contributed by atoms with Crippen LogP contribution in [-0.2, 0) is 6.42 Å². The van der Waals surface area contributed by atoms with Gasteiger partial charge in [0.25, 0.3) is 5.91 Å². The highest BCUT2D eigenvalue weighted by Gasteiger charge is 2.40. The molecular weight excluding hydrogens is 368 g/mol. The van der Waals surface area contributed by atoms with Gasteiger partial charge in [-0.1, -0.05) is 6.07 Å². The minimum atomic E-state index is -0.367. The molecule has 1 N–H and O–H groups in total. The molecule has 146 valence electrons. The predicted octanol–water partition coefficient (Wildman–Crippen LogP) is 3.02. The highest BCUT2D eigenvalue weighted by atomic mass is 16.3. The Morgan fingerprint density at radius 3 is 2.97 bits per heavy atom. The van der Waals surface area contributed by atoms with Crippen molar-refractivity contribution in [1.29, 1.82) is 0 Å². The number of carbonyl (C=O) groups is 1. The fourth-order valence-corrected chi connectivity index (χ4v) is 4.29. The van der Waals surface area contributed by atoms with Crippen molar-refractivity contribution in [2.24, 2.45) is 0 Å². The molecule has 1 unspecified atom stereocenters. The Kier molecular flexibility index (Phi) is 3.44. The highest BCUT2D eigenvalue weighted by Crippen LogP contribution is 2.42. The summed E-state index contributed by atoms with van der Waals surface area (Å²) in [5.41, 5.74) is 5.51. The number of H-pyrrole nitrogens is 1. The molecule has 29 heavy (non-hydrogen) atoms. The summed E-state index contributed by atoms with van der Waals surface area (Å²) < 4.78 is 7.46. The van der Waals surface area contributed by atoms with Gasteiger partial charge in [-0.25, -0.2) is 14.5 Å². The maximum Gasteiger partial charge on any atom is 0.292 e. The topological polar surface area (TPSA) is 92.3 Å². The molecule has 0 saturated heterocycles. The minimum absolute atomic E-state index is 0.142. The number of fused-ring (bicyclic) bond motifs is 2. The van der Waals surface area contributed by atoms with E-state index in [1.807, 2.05) is 40.6 Å². The first-order chi connectivity index (χ1) is 14.2. The summed E-state index contributed by atoms with van der Waals surface area (Å²) in [6, 6.07) is 7.71. The second-order valence-electron chi connectivity index (χ2n) is 7.83. The molecule has 0 spiro atoms. The van der Waals surface area contributed by atoms with E-state index >= 15 is 0 Å². The van der Waals surface area contributed by atoms with Crippen LogP contribution in [0.2, 0.25) is 0 Å². The quantitative estimate of drug-likeness (QED) is 0.582. The van der Waals surface area contributed by atoms with Crippen LogP contribution < -0.4 is 0 Å². The van der Waals surface area contributed by atoms with Gasteiger partial charge in [-0.2, -0.15) is 5.10 Å². The summed E-state index contributed by atoms with van der Waals surface area (Å²) >= 11 is 0. The normalized spacial score (nSPS) is 18.9. The largest absolute Gasteiger partial charge is 0.438 e. The van der Waals surface area contributed by atoms with Crippen molar-refractivity contribution in [3.63, 3.8) is 0 Å². The first-order valence-corrected chi connectivity index (χ1v) is 9.92. The number of aromatic amines is 1. The SMILES string of the molecule is Cc1cccc2cc(C3c4nc[nH]c4CCN3C(=O)c3ocnc3C3CC3)nn12. The number of aryl methyl sites for hydroxylation is 1. The van der Waals surface area contributed by atoms with E-state index in [2.05, 4.69) is 15.0 Å². The van der Waals surface area contributed by atoms with E-state index in [1.54, 1.807) is 6.33 Å². The van der Waals surface area contributed by atoms with Crippen LogP contribution in [0.5, 0.6) is 0 Å². The predicted molar refractivity (Wildman–Crippen MR) is 104 cm³/mol. The Hall–Kier alpha value is -3.42. The minimum Gasteiger partial charge on any atom is -0.438 e. The Balaban J connectivity index is 1.47. The standard InChI is InChI=1S/C21H20N6O2/c1-12-3-2-4-14-9-16(25-27(12)14)19-18-15(22-10-23-18)7-8-26(19)21(28)20-17(13-5-6-13)24-11-29-20/h2-4,9-11,13,19H,5-8H2,1H3,(H,22,23). The molecule has 5 heterocycles. The van der Waals surface area contributed by atoms with Gasteiger partial charge in [-0.3, -0.25) is 4.79 Å². The van der Waals surface area contributed by atoms with Gasteiger partial charge in [-0.15, -0.1) is 0 Å². The molecule has 8 heteroatoms. The van der Waals surface area contributed by atoms with E-state index in [0.29, 0.717) is 18.2 Å². The van der Waals surface area contributed by atoms with Gasteiger partial charge in [0.05, 0.1) is 28.9 Å². The van der Waals surface area contributed by atoms with Crippen LogP contribution in [0.3, 0.4) is 0 Å². The summed E-state index contributed by atoms with van der Waals surface area (Å²) in [6.07, 6.45) is 5.92. The van der Waals surface area contributed by atoms with Crippen molar-refractivity contribution in [2.45, 2.75) is 38.1 Å². The number of pyridine rings is 1. The maximum absolute atomic E-state index is 13.5. The maximum atomic E-state index is 13.5. The molecule has 0 radical (unpaired) electrons. The molecule has 0 aromatic carbocycles. The lowest BCUT2D eigenvalue weighted by molar-refractivity contribution is 0.0652. The number of rotatable bonds is 3. The van der Waals surface area contributed by atoms with Gasteiger partial charge >= 0.3 is 0 Å². The number of aromatic nitrogens is 5. The van der Waals surface area contributed by atoms with Crippen LogP contribution >= 0.6 is 0 Å². The van der Waals surface area contributed by atoms with Gasteiger partial charge in [0, 0.05) is 30.3 Å². The molecule has 1 aliphatic carbocycles. The third kappa shape index (κ3) is 2.52.